The maximum atomic E-state index is 13.6. The van der Waals surface area contributed by atoms with Crippen molar-refractivity contribution in [3.8, 4) is 0 Å². The van der Waals surface area contributed by atoms with Gasteiger partial charge < -0.3 is 9.42 Å². The van der Waals surface area contributed by atoms with Gasteiger partial charge in [0.05, 0.1) is 0 Å². The van der Waals surface area contributed by atoms with E-state index in [9.17, 15) is 9.18 Å². The van der Waals surface area contributed by atoms with Gasteiger partial charge in [0.15, 0.2) is 5.69 Å². The Bertz CT molecular complexity index is 634. The molecule has 0 bridgehead atoms. The number of halogens is 1. The van der Waals surface area contributed by atoms with Crippen LogP contribution in [-0.2, 0) is 6.54 Å². The lowest BCUT2D eigenvalue weighted by Gasteiger charge is -2.15. The van der Waals surface area contributed by atoms with Crippen molar-refractivity contribution in [2.75, 3.05) is 7.05 Å². The van der Waals surface area contributed by atoms with Crippen LogP contribution in [0.3, 0.4) is 0 Å². The van der Waals surface area contributed by atoms with Crippen molar-refractivity contribution in [3.05, 3.63) is 53.2 Å². The van der Waals surface area contributed by atoms with Crippen LogP contribution in [0.5, 0.6) is 0 Å². The summed E-state index contributed by atoms with van der Waals surface area (Å²) in [6, 6.07) is 8.11. The van der Waals surface area contributed by atoms with Crippen LogP contribution in [0.4, 0.5) is 4.39 Å². The Kier molecular flexibility index (Phi) is 3.26. The summed E-state index contributed by atoms with van der Waals surface area (Å²) in [6.45, 7) is 0.205. The van der Waals surface area contributed by atoms with E-state index in [-0.39, 0.29) is 24.0 Å². The van der Waals surface area contributed by atoms with Crippen LogP contribution in [-0.4, -0.2) is 23.0 Å². The summed E-state index contributed by atoms with van der Waals surface area (Å²) in [5.74, 6) is 0.614. The lowest BCUT2D eigenvalue weighted by atomic mass is 10.2. The van der Waals surface area contributed by atoms with Crippen molar-refractivity contribution in [3.63, 3.8) is 0 Å². The third-order valence-electron chi connectivity index (χ3n) is 3.44. The van der Waals surface area contributed by atoms with Gasteiger partial charge in [-0.25, -0.2) is 4.39 Å². The summed E-state index contributed by atoms with van der Waals surface area (Å²) in [5, 5.41) is 3.80. The topological polar surface area (TPSA) is 46.3 Å². The third kappa shape index (κ3) is 2.57. The third-order valence-corrected chi connectivity index (χ3v) is 3.44. The summed E-state index contributed by atoms with van der Waals surface area (Å²) in [6.07, 6.45) is 2.18. The average Bonchev–Trinajstić information content (AvgIpc) is 3.18. The zero-order chi connectivity index (χ0) is 14.1. The number of hydrogen-bond donors (Lipinski definition) is 0. The summed E-state index contributed by atoms with van der Waals surface area (Å²) in [7, 11) is 1.63. The van der Waals surface area contributed by atoms with Gasteiger partial charge in [-0.3, -0.25) is 4.79 Å². The van der Waals surface area contributed by atoms with Crippen molar-refractivity contribution in [1.82, 2.24) is 10.1 Å². The molecule has 0 unspecified atom stereocenters. The van der Waals surface area contributed by atoms with E-state index in [2.05, 4.69) is 5.16 Å². The van der Waals surface area contributed by atoms with Crippen LogP contribution >= 0.6 is 0 Å². The van der Waals surface area contributed by atoms with E-state index in [1.807, 2.05) is 0 Å². The molecule has 20 heavy (non-hydrogen) atoms. The van der Waals surface area contributed by atoms with Crippen LogP contribution in [0.15, 0.2) is 34.9 Å². The smallest absolute Gasteiger partial charge is 0.276 e. The lowest BCUT2D eigenvalue weighted by molar-refractivity contribution is 0.0773. The highest BCUT2D eigenvalue weighted by molar-refractivity contribution is 5.92. The standard InChI is InChI=1S/C15H15FN2O2/c1-18(9-11-4-2-3-5-12(11)16)15(19)13-8-14(20-17-13)10-6-7-10/h2-5,8,10H,6-7,9H2,1H3. The molecule has 1 aromatic heterocycles. The summed E-state index contributed by atoms with van der Waals surface area (Å²) >= 11 is 0. The van der Waals surface area contributed by atoms with Crippen molar-refractivity contribution < 1.29 is 13.7 Å². The normalized spacial score (nSPS) is 14.3. The average molecular weight is 274 g/mol. The first-order chi connectivity index (χ1) is 9.65. The second kappa shape index (κ2) is 5.07. The highest BCUT2D eigenvalue weighted by Gasteiger charge is 2.29. The number of rotatable bonds is 4. The van der Waals surface area contributed by atoms with Crippen LogP contribution in [0.1, 0.15) is 40.6 Å². The molecule has 0 spiro atoms. The summed E-state index contributed by atoms with van der Waals surface area (Å²) < 4.78 is 18.7. The maximum Gasteiger partial charge on any atom is 0.276 e. The predicted octanol–water partition coefficient (Wildman–Crippen LogP) is 2.96. The molecule has 1 saturated carbocycles. The molecule has 1 fully saturated rings. The number of carbonyl (C=O) groups excluding carboxylic acids is 1. The largest absolute Gasteiger partial charge is 0.360 e. The Morgan fingerprint density at radius 1 is 1.45 bits per heavy atom. The first-order valence-electron chi connectivity index (χ1n) is 6.60. The Morgan fingerprint density at radius 2 is 2.20 bits per heavy atom. The number of aromatic nitrogens is 1. The molecule has 5 heteroatoms. The minimum Gasteiger partial charge on any atom is -0.360 e. The molecular weight excluding hydrogens is 259 g/mol. The molecule has 1 aromatic carbocycles. The van der Waals surface area contributed by atoms with Gasteiger partial charge in [0.1, 0.15) is 11.6 Å². The van der Waals surface area contributed by atoms with E-state index in [1.54, 1.807) is 31.3 Å². The monoisotopic (exact) mass is 274 g/mol. The Hall–Kier alpha value is -2.17. The first kappa shape index (κ1) is 12.8. The molecular formula is C15H15FN2O2. The Labute approximate surface area is 116 Å². The molecule has 0 aliphatic heterocycles. The van der Waals surface area contributed by atoms with Crippen LogP contribution in [0.2, 0.25) is 0 Å². The van der Waals surface area contributed by atoms with E-state index in [0.717, 1.165) is 18.6 Å². The molecule has 0 N–H and O–H groups in total. The molecule has 0 radical (unpaired) electrons. The number of nitrogens with zero attached hydrogens (tertiary/aromatic N) is 2. The molecule has 1 aliphatic carbocycles. The van der Waals surface area contributed by atoms with Gasteiger partial charge in [0.25, 0.3) is 5.91 Å². The van der Waals surface area contributed by atoms with Crippen molar-refractivity contribution in [1.29, 1.82) is 0 Å². The molecule has 1 heterocycles. The molecule has 0 saturated heterocycles. The maximum absolute atomic E-state index is 13.6. The number of benzene rings is 1. The molecule has 1 aliphatic rings. The van der Waals surface area contributed by atoms with Gasteiger partial charge in [0.2, 0.25) is 0 Å². The highest BCUT2D eigenvalue weighted by Crippen LogP contribution is 2.40. The molecule has 104 valence electrons. The van der Waals surface area contributed by atoms with Crippen LogP contribution in [0.25, 0.3) is 0 Å². The van der Waals surface area contributed by atoms with Gasteiger partial charge in [-0.2, -0.15) is 0 Å². The lowest BCUT2D eigenvalue weighted by Crippen LogP contribution is -2.26. The Morgan fingerprint density at radius 3 is 2.90 bits per heavy atom. The molecule has 0 atom stereocenters. The van der Waals surface area contributed by atoms with Crippen LogP contribution in [0, 0.1) is 5.82 Å². The van der Waals surface area contributed by atoms with Crippen molar-refractivity contribution in [2.24, 2.45) is 0 Å². The minimum atomic E-state index is -0.314. The van der Waals surface area contributed by atoms with Crippen molar-refractivity contribution in [2.45, 2.75) is 25.3 Å². The second-order valence-corrected chi connectivity index (χ2v) is 5.14. The number of amides is 1. The van der Waals surface area contributed by atoms with E-state index < -0.39 is 0 Å². The summed E-state index contributed by atoms with van der Waals surface area (Å²) in [4.78, 5) is 13.6. The van der Waals surface area contributed by atoms with E-state index in [0.29, 0.717) is 11.5 Å². The zero-order valence-electron chi connectivity index (χ0n) is 11.2. The SMILES string of the molecule is CN(Cc1ccccc1F)C(=O)c1cc(C2CC2)on1. The first-order valence-corrected chi connectivity index (χ1v) is 6.60. The quantitative estimate of drug-likeness (QED) is 0.861. The molecule has 2 aromatic rings. The van der Waals surface area contributed by atoms with Gasteiger partial charge in [-0.15, -0.1) is 0 Å². The van der Waals surface area contributed by atoms with Gasteiger partial charge in [-0.1, -0.05) is 23.4 Å². The fourth-order valence-corrected chi connectivity index (χ4v) is 2.10. The van der Waals surface area contributed by atoms with Gasteiger partial charge >= 0.3 is 0 Å². The zero-order valence-corrected chi connectivity index (χ0v) is 11.2. The second-order valence-electron chi connectivity index (χ2n) is 5.14. The number of carbonyl (C=O) groups is 1. The minimum absolute atomic E-state index is 0.205. The molecule has 1 amide bonds. The Balaban J connectivity index is 1.71. The van der Waals surface area contributed by atoms with Crippen molar-refractivity contribution >= 4 is 5.91 Å². The van der Waals surface area contributed by atoms with Gasteiger partial charge in [-0.05, 0) is 18.9 Å². The van der Waals surface area contributed by atoms with Gasteiger partial charge in [0, 0.05) is 31.1 Å². The summed E-state index contributed by atoms with van der Waals surface area (Å²) in [5.41, 5.74) is 0.764. The highest BCUT2D eigenvalue weighted by atomic mass is 19.1. The van der Waals surface area contributed by atoms with E-state index in [1.165, 1.54) is 11.0 Å². The van der Waals surface area contributed by atoms with E-state index >= 15 is 0 Å². The fourth-order valence-electron chi connectivity index (χ4n) is 2.10. The van der Waals surface area contributed by atoms with E-state index in [4.69, 9.17) is 4.52 Å². The fraction of sp³-hybridized carbons (Fsp3) is 0.333. The predicted molar refractivity (Wildman–Crippen MR) is 70.7 cm³/mol. The molecule has 3 rings (SSSR count). The van der Waals surface area contributed by atoms with Crippen LogP contribution < -0.4 is 0 Å². The molecule has 4 nitrogen and oxygen atoms in total. The number of hydrogen-bond acceptors (Lipinski definition) is 3.